The van der Waals surface area contributed by atoms with Crippen LogP contribution in [0, 0.1) is 0 Å². The van der Waals surface area contributed by atoms with Gasteiger partial charge in [-0.3, -0.25) is 13.8 Å². The Labute approximate surface area is 371 Å². The number of hydrogen-bond acceptors (Lipinski definition) is 6. The first-order valence-electron chi connectivity index (χ1n) is 25.6. The van der Waals surface area contributed by atoms with Crippen LogP contribution in [0.15, 0.2) is 36.5 Å². The van der Waals surface area contributed by atoms with Gasteiger partial charge in [-0.25, -0.2) is 4.57 Å². The van der Waals surface area contributed by atoms with Crippen molar-refractivity contribution >= 4 is 13.7 Å². The van der Waals surface area contributed by atoms with Crippen LogP contribution in [0.3, 0.4) is 0 Å². The molecule has 0 aromatic heterocycles. The van der Waals surface area contributed by atoms with Gasteiger partial charge < -0.3 is 21.1 Å². The molecule has 0 radical (unpaired) electrons. The van der Waals surface area contributed by atoms with Crippen LogP contribution in [0.5, 0.6) is 0 Å². The molecule has 3 atom stereocenters. The highest BCUT2D eigenvalue weighted by molar-refractivity contribution is 7.47. The van der Waals surface area contributed by atoms with Crippen molar-refractivity contribution in [3.05, 3.63) is 36.5 Å². The minimum absolute atomic E-state index is 0.0729. The van der Waals surface area contributed by atoms with E-state index in [-0.39, 0.29) is 25.7 Å². The normalized spacial score (nSPS) is 14.2. The zero-order chi connectivity index (χ0) is 43.9. The van der Waals surface area contributed by atoms with Crippen molar-refractivity contribution in [2.45, 2.75) is 264 Å². The van der Waals surface area contributed by atoms with E-state index < -0.39 is 20.0 Å². The van der Waals surface area contributed by atoms with Crippen LogP contribution in [-0.2, 0) is 18.4 Å². The summed E-state index contributed by atoms with van der Waals surface area (Å²) >= 11 is 0. The van der Waals surface area contributed by atoms with Gasteiger partial charge in [0.2, 0.25) is 5.91 Å². The molecule has 0 aromatic carbocycles. The first kappa shape index (κ1) is 58.7. The van der Waals surface area contributed by atoms with Crippen LogP contribution in [0.4, 0.5) is 0 Å². The Kier molecular flexibility index (Phi) is 46.2. The van der Waals surface area contributed by atoms with Crippen LogP contribution in [0.2, 0.25) is 0 Å². The Morgan fingerprint density at radius 2 is 0.883 bits per heavy atom. The summed E-state index contributed by atoms with van der Waals surface area (Å²) in [6.45, 7) is 4.14. The summed E-state index contributed by atoms with van der Waals surface area (Å²) in [7, 11) is -4.35. The van der Waals surface area contributed by atoms with Gasteiger partial charge in [0.25, 0.3) is 0 Å². The summed E-state index contributed by atoms with van der Waals surface area (Å²) in [5, 5.41) is 13.7. The largest absolute Gasteiger partial charge is 0.472 e. The average molecular weight is 867 g/mol. The van der Waals surface area contributed by atoms with E-state index in [1.807, 2.05) is 6.08 Å². The highest BCUT2D eigenvalue weighted by Crippen LogP contribution is 2.43. The topological polar surface area (TPSA) is 131 Å². The number of unbranched alkanes of at least 4 members (excludes halogenated alkanes) is 32. The summed E-state index contributed by atoms with van der Waals surface area (Å²) in [5.74, 6) is -0.204. The van der Waals surface area contributed by atoms with Crippen LogP contribution < -0.4 is 11.1 Å². The van der Waals surface area contributed by atoms with Gasteiger partial charge in [-0.2, -0.15) is 0 Å². The molecule has 0 aromatic rings. The molecule has 0 heterocycles. The number of carbonyl (C=O) groups excluding carboxylic acids is 1. The van der Waals surface area contributed by atoms with Crippen LogP contribution >= 0.6 is 7.82 Å². The van der Waals surface area contributed by atoms with Gasteiger partial charge >= 0.3 is 7.82 Å². The monoisotopic (exact) mass is 867 g/mol. The van der Waals surface area contributed by atoms with Crippen LogP contribution in [0.25, 0.3) is 0 Å². The number of amides is 1. The van der Waals surface area contributed by atoms with E-state index in [9.17, 15) is 19.4 Å². The summed E-state index contributed by atoms with van der Waals surface area (Å²) in [4.78, 5) is 22.8. The Balaban J connectivity index is 4.15. The standard InChI is InChI=1S/C51H99N2O6P/c1-3-5-7-9-11-13-15-17-19-21-23-25-27-29-31-33-35-37-39-41-43-45-51(55)53-49(48-59-60(56,57)58-47-46-52)50(54)44-42-40-38-36-34-32-30-28-26-24-22-20-18-16-14-12-10-8-6-4-2/h26,28,34,36,42,44,49-50,54H,3-25,27,29-33,35,37-41,43,45-48,52H2,1-2H3,(H,53,55)(H,56,57)/b28-26+,36-34+,44-42+. The smallest absolute Gasteiger partial charge is 0.387 e. The molecule has 3 unspecified atom stereocenters. The first-order valence-corrected chi connectivity index (χ1v) is 27.1. The molecule has 354 valence electrons. The van der Waals surface area contributed by atoms with Crippen molar-refractivity contribution in [2.24, 2.45) is 5.73 Å². The van der Waals surface area contributed by atoms with E-state index in [4.69, 9.17) is 14.8 Å². The first-order chi connectivity index (χ1) is 29.4. The number of aliphatic hydroxyl groups is 1. The highest BCUT2D eigenvalue weighted by Gasteiger charge is 2.26. The van der Waals surface area contributed by atoms with E-state index in [0.717, 1.165) is 44.9 Å². The zero-order valence-corrected chi connectivity index (χ0v) is 40.3. The highest BCUT2D eigenvalue weighted by atomic mass is 31.2. The van der Waals surface area contributed by atoms with Gasteiger partial charge in [0.1, 0.15) is 0 Å². The van der Waals surface area contributed by atoms with Crippen molar-refractivity contribution in [1.29, 1.82) is 0 Å². The molecule has 1 amide bonds. The number of aliphatic hydroxyl groups excluding tert-OH is 1. The number of nitrogens with two attached hydrogens (primary N) is 1. The molecular formula is C51H99N2O6P. The van der Waals surface area contributed by atoms with Crippen molar-refractivity contribution in [1.82, 2.24) is 5.32 Å². The van der Waals surface area contributed by atoms with Gasteiger partial charge in [0.05, 0.1) is 25.4 Å². The predicted molar refractivity (Wildman–Crippen MR) is 258 cm³/mol. The van der Waals surface area contributed by atoms with Crippen LogP contribution in [-0.4, -0.2) is 47.8 Å². The molecule has 0 saturated carbocycles. The summed E-state index contributed by atoms with van der Waals surface area (Å²) < 4.78 is 22.2. The molecule has 60 heavy (non-hydrogen) atoms. The van der Waals surface area contributed by atoms with Crippen molar-refractivity contribution in [3.8, 4) is 0 Å². The molecular weight excluding hydrogens is 768 g/mol. The Morgan fingerprint density at radius 1 is 0.533 bits per heavy atom. The molecule has 0 aliphatic heterocycles. The lowest BCUT2D eigenvalue weighted by molar-refractivity contribution is -0.123. The lowest BCUT2D eigenvalue weighted by Crippen LogP contribution is -2.45. The third-order valence-corrected chi connectivity index (χ3v) is 12.4. The lowest BCUT2D eigenvalue weighted by Gasteiger charge is -2.23. The zero-order valence-electron chi connectivity index (χ0n) is 39.5. The number of phosphoric acid groups is 1. The number of nitrogens with one attached hydrogen (secondary N) is 1. The summed E-state index contributed by atoms with van der Waals surface area (Å²) in [6, 6.07) is -0.881. The molecule has 0 aliphatic rings. The summed E-state index contributed by atoms with van der Waals surface area (Å²) in [5.41, 5.74) is 5.39. The van der Waals surface area contributed by atoms with E-state index >= 15 is 0 Å². The number of hydrogen-bond donors (Lipinski definition) is 4. The van der Waals surface area contributed by atoms with Crippen molar-refractivity contribution in [3.63, 3.8) is 0 Å². The fraction of sp³-hybridized carbons (Fsp3) is 0.863. The van der Waals surface area contributed by atoms with Gasteiger partial charge in [-0.1, -0.05) is 237 Å². The molecule has 8 nitrogen and oxygen atoms in total. The van der Waals surface area contributed by atoms with E-state index in [2.05, 4.69) is 43.5 Å². The predicted octanol–water partition coefficient (Wildman–Crippen LogP) is 15.1. The average Bonchev–Trinajstić information content (AvgIpc) is 3.24. The second-order valence-electron chi connectivity index (χ2n) is 17.4. The maximum absolute atomic E-state index is 12.8. The van der Waals surface area contributed by atoms with E-state index in [1.165, 1.54) is 186 Å². The summed E-state index contributed by atoms with van der Waals surface area (Å²) in [6.07, 6.45) is 57.8. The second kappa shape index (κ2) is 47.2. The van der Waals surface area contributed by atoms with E-state index in [0.29, 0.717) is 6.42 Å². The molecule has 0 saturated heterocycles. The van der Waals surface area contributed by atoms with Gasteiger partial charge in [0.15, 0.2) is 0 Å². The second-order valence-corrected chi connectivity index (χ2v) is 18.8. The van der Waals surface area contributed by atoms with E-state index in [1.54, 1.807) is 6.08 Å². The molecule has 0 bridgehead atoms. The van der Waals surface area contributed by atoms with Gasteiger partial charge in [-0.05, 0) is 44.9 Å². The quantitative estimate of drug-likeness (QED) is 0.0272. The molecule has 0 spiro atoms. The minimum Gasteiger partial charge on any atom is -0.387 e. The maximum Gasteiger partial charge on any atom is 0.472 e. The Bertz CT molecular complexity index is 1040. The molecule has 9 heteroatoms. The Morgan fingerprint density at radius 3 is 1.28 bits per heavy atom. The third kappa shape index (κ3) is 44.8. The van der Waals surface area contributed by atoms with Crippen molar-refractivity contribution < 1.29 is 28.4 Å². The van der Waals surface area contributed by atoms with Gasteiger partial charge in [0, 0.05) is 13.0 Å². The van der Waals surface area contributed by atoms with Crippen LogP contribution in [0.1, 0.15) is 251 Å². The van der Waals surface area contributed by atoms with Gasteiger partial charge in [-0.15, -0.1) is 0 Å². The molecule has 0 aliphatic carbocycles. The lowest BCUT2D eigenvalue weighted by atomic mass is 10.0. The Hall–Kier alpha value is -1.28. The molecule has 0 fully saturated rings. The molecule has 5 N–H and O–H groups in total. The number of rotatable bonds is 48. The fourth-order valence-electron chi connectivity index (χ4n) is 7.58. The number of carbonyl (C=O) groups is 1. The number of phosphoric ester groups is 1. The van der Waals surface area contributed by atoms with Crippen molar-refractivity contribution in [2.75, 3.05) is 19.8 Å². The third-order valence-electron chi connectivity index (χ3n) is 11.4. The number of allylic oxidation sites excluding steroid dienone is 5. The SMILES string of the molecule is CCCCCCCCCCCC/C=C/CC/C=C/CC/C=C/C(O)C(COP(=O)(O)OCCN)NC(=O)CCCCCCCCCCCCCCCCCCCCCCC. The minimum atomic E-state index is -4.35. The molecule has 0 rings (SSSR count). The maximum atomic E-state index is 12.8. The fourth-order valence-corrected chi connectivity index (χ4v) is 8.34.